The molecule has 0 rings (SSSR count). The van der Waals surface area contributed by atoms with Gasteiger partial charge in [-0.1, -0.05) is 6.92 Å². The van der Waals surface area contributed by atoms with Crippen LogP contribution < -0.4 is 11.1 Å². The Bertz CT molecular complexity index is 196. The summed E-state index contributed by atoms with van der Waals surface area (Å²) >= 11 is 0. The van der Waals surface area contributed by atoms with Gasteiger partial charge in [0, 0.05) is 13.2 Å². The molecule has 0 aromatic carbocycles. The van der Waals surface area contributed by atoms with Gasteiger partial charge in [0.25, 0.3) is 0 Å². The zero-order chi connectivity index (χ0) is 11.0. The average molecular weight is 203 g/mol. The Labute approximate surface area is 83.1 Å². The van der Waals surface area contributed by atoms with Crippen molar-refractivity contribution >= 4 is 11.9 Å². The second-order valence-electron chi connectivity index (χ2n) is 2.86. The zero-order valence-electron chi connectivity index (χ0n) is 8.32. The van der Waals surface area contributed by atoms with Crippen LogP contribution in [0.2, 0.25) is 0 Å². The number of carbonyl (C=O) groups is 2. The van der Waals surface area contributed by atoms with E-state index in [1.54, 1.807) is 0 Å². The Balaban J connectivity index is 3.79. The van der Waals surface area contributed by atoms with Crippen LogP contribution in [-0.4, -0.2) is 48.2 Å². The molecule has 0 aliphatic rings. The van der Waals surface area contributed by atoms with Gasteiger partial charge in [0.1, 0.15) is 0 Å². The SMILES string of the molecule is CCN(CCCO)CC(=O)NC(N)=O. The first-order valence-corrected chi connectivity index (χ1v) is 4.52. The van der Waals surface area contributed by atoms with E-state index >= 15 is 0 Å². The molecule has 14 heavy (non-hydrogen) atoms. The highest BCUT2D eigenvalue weighted by Gasteiger charge is 2.09. The second kappa shape index (κ2) is 7.28. The van der Waals surface area contributed by atoms with Crippen LogP contribution in [-0.2, 0) is 4.79 Å². The minimum absolute atomic E-state index is 0.0912. The molecule has 0 saturated carbocycles. The Hall–Kier alpha value is -1.14. The van der Waals surface area contributed by atoms with Crippen molar-refractivity contribution in [2.45, 2.75) is 13.3 Å². The molecular formula is C8H17N3O3. The Morgan fingerprint density at radius 1 is 1.50 bits per heavy atom. The van der Waals surface area contributed by atoms with Gasteiger partial charge < -0.3 is 10.8 Å². The minimum Gasteiger partial charge on any atom is -0.396 e. The van der Waals surface area contributed by atoms with Gasteiger partial charge in [0.2, 0.25) is 5.91 Å². The van der Waals surface area contributed by atoms with Gasteiger partial charge in [-0.05, 0) is 13.0 Å². The molecule has 0 spiro atoms. The summed E-state index contributed by atoms with van der Waals surface area (Å²) in [5.41, 5.74) is 4.78. The highest BCUT2D eigenvalue weighted by atomic mass is 16.3. The van der Waals surface area contributed by atoms with E-state index in [1.807, 2.05) is 17.1 Å². The van der Waals surface area contributed by atoms with E-state index in [4.69, 9.17) is 10.8 Å². The number of urea groups is 1. The summed E-state index contributed by atoms with van der Waals surface area (Å²) in [7, 11) is 0. The van der Waals surface area contributed by atoms with Crippen LogP contribution in [0.25, 0.3) is 0 Å². The zero-order valence-corrected chi connectivity index (χ0v) is 8.32. The van der Waals surface area contributed by atoms with E-state index in [9.17, 15) is 9.59 Å². The smallest absolute Gasteiger partial charge is 0.318 e. The third kappa shape index (κ3) is 6.38. The normalized spacial score (nSPS) is 10.2. The number of likely N-dealkylation sites (N-methyl/N-ethyl adjacent to an activating group) is 1. The van der Waals surface area contributed by atoms with E-state index < -0.39 is 11.9 Å². The maximum absolute atomic E-state index is 11.1. The third-order valence-electron chi connectivity index (χ3n) is 1.71. The monoisotopic (exact) mass is 203 g/mol. The number of hydrogen-bond acceptors (Lipinski definition) is 4. The fourth-order valence-corrected chi connectivity index (χ4v) is 1.02. The molecule has 6 nitrogen and oxygen atoms in total. The van der Waals surface area contributed by atoms with Crippen molar-refractivity contribution in [3.05, 3.63) is 0 Å². The van der Waals surface area contributed by atoms with Crippen LogP contribution >= 0.6 is 0 Å². The Kier molecular flexibility index (Phi) is 6.69. The van der Waals surface area contributed by atoms with Gasteiger partial charge in [-0.25, -0.2) is 4.79 Å². The van der Waals surface area contributed by atoms with Crippen LogP contribution in [0.5, 0.6) is 0 Å². The van der Waals surface area contributed by atoms with Crippen molar-refractivity contribution in [3.63, 3.8) is 0 Å². The number of nitrogens with two attached hydrogens (primary N) is 1. The molecule has 0 aliphatic carbocycles. The molecule has 6 heteroatoms. The van der Waals surface area contributed by atoms with E-state index in [2.05, 4.69) is 0 Å². The molecule has 0 atom stereocenters. The summed E-state index contributed by atoms with van der Waals surface area (Å²) in [4.78, 5) is 23.2. The summed E-state index contributed by atoms with van der Waals surface area (Å²) < 4.78 is 0. The van der Waals surface area contributed by atoms with E-state index in [0.29, 0.717) is 19.5 Å². The number of hydrogen-bond donors (Lipinski definition) is 3. The highest BCUT2D eigenvalue weighted by Crippen LogP contribution is 1.90. The van der Waals surface area contributed by atoms with E-state index in [-0.39, 0.29) is 13.2 Å². The molecular weight excluding hydrogens is 186 g/mol. The number of aliphatic hydroxyl groups excluding tert-OH is 1. The quantitative estimate of drug-likeness (QED) is 0.510. The lowest BCUT2D eigenvalue weighted by Gasteiger charge is -2.18. The topological polar surface area (TPSA) is 95.7 Å². The molecule has 0 saturated heterocycles. The molecule has 0 aromatic heterocycles. The van der Waals surface area contributed by atoms with Crippen molar-refractivity contribution in [2.75, 3.05) is 26.2 Å². The molecule has 0 heterocycles. The van der Waals surface area contributed by atoms with Crippen LogP contribution in [0.15, 0.2) is 0 Å². The third-order valence-corrected chi connectivity index (χ3v) is 1.71. The van der Waals surface area contributed by atoms with Gasteiger partial charge in [-0.3, -0.25) is 15.0 Å². The number of imide groups is 1. The summed E-state index contributed by atoms with van der Waals surface area (Å²) in [5, 5.41) is 10.6. The number of nitrogens with one attached hydrogen (secondary N) is 1. The minimum atomic E-state index is -0.840. The number of nitrogens with zero attached hydrogens (tertiary/aromatic N) is 1. The fraction of sp³-hybridized carbons (Fsp3) is 0.750. The van der Waals surface area contributed by atoms with Crippen LogP contribution in [0.4, 0.5) is 4.79 Å². The molecule has 0 fully saturated rings. The maximum Gasteiger partial charge on any atom is 0.318 e. The number of amides is 3. The van der Waals surface area contributed by atoms with Crippen molar-refractivity contribution < 1.29 is 14.7 Å². The van der Waals surface area contributed by atoms with Gasteiger partial charge in [-0.15, -0.1) is 0 Å². The number of carbonyl (C=O) groups excluding carboxylic acids is 2. The van der Waals surface area contributed by atoms with Crippen LogP contribution in [0.3, 0.4) is 0 Å². The number of primary amides is 1. The lowest BCUT2D eigenvalue weighted by Crippen LogP contribution is -2.42. The van der Waals surface area contributed by atoms with Crippen molar-refractivity contribution in [1.29, 1.82) is 0 Å². The van der Waals surface area contributed by atoms with Gasteiger partial charge in [0.05, 0.1) is 6.54 Å². The standard InChI is InChI=1S/C8H17N3O3/c1-2-11(4-3-5-12)6-7(13)10-8(9)14/h12H,2-6H2,1H3,(H3,9,10,13,14). The highest BCUT2D eigenvalue weighted by molar-refractivity contribution is 5.94. The van der Waals surface area contributed by atoms with E-state index in [1.165, 1.54) is 0 Å². The average Bonchev–Trinajstić information content (AvgIpc) is 2.10. The molecule has 3 amide bonds. The molecule has 0 radical (unpaired) electrons. The van der Waals surface area contributed by atoms with E-state index in [0.717, 1.165) is 0 Å². The summed E-state index contributed by atoms with van der Waals surface area (Å²) in [5.74, 6) is -0.419. The summed E-state index contributed by atoms with van der Waals surface area (Å²) in [6.07, 6.45) is 0.609. The molecule has 82 valence electrons. The lowest BCUT2D eigenvalue weighted by atomic mass is 10.3. The molecule has 0 unspecified atom stereocenters. The summed E-state index contributed by atoms with van der Waals surface area (Å²) in [6.45, 7) is 3.42. The Morgan fingerprint density at radius 2 is 2.14 bits per heavy atom. The molecule has 0 aromatic rings. The van der Waals surface area contributed by atoms with Crippen molar-refractivity contribution in [2.24, 2.45) is 5.73 Å². The predicted molar refractivity (Wildman–Crippen MR) is 51.5 cm³/mol. The second-order valence-corrected chi connectivity index (χ2v) is 2.86. The molecule has 0 bridgehead atoms. The van der Waals surface area contributed by atoms with Crippen molar-refractivity contribution in [3.8, 4) is 0 Å². The molecule has 4 N–H and O–H groups in total. The first-order valence-electron chi connectivity index (χ1n) is 4.52. The van der Waals surface area contributed by atoms with Gasteiger partial charge in [0.15, 0.2) is 0 Å². The fourth-order valence-electron chi connectivity index (χ4n) is 1.02. The largest absolute Gasteiger partial charge is 0.396 e. The number of rotatable bonds is 6. The van der Waals surface area contributed by atoms with Gasteiger partial charge >= 0.3 is 6.03 Å². The van der Waals surface area contributed by atoms with Crippen LogP contribution in [0.1, 0.15) is 13.3 Å². The van der Waals surface area contributed by atoms with Crippen LogP contribution in [0, 0.1) is 0 Å². The maximum atomic E-state index is 11.1. The van der Waals surface area contributed by atoms with Gasteiger partial charge in [-0.2, -0.15) is 0 Å². The number of aliphatic hydroxyl groups is 1. The van der Waals surface area contributed by atoms with Crippen molar-refractivity contribution in [1.82, 2.24) is 10.2 Å². The lowest BCUT2D eigenvalue weighted by molar-refractivity contribution is -0.121. The first-order chi connectivity index (χ1) is 6.60. The molecule has 0 aliphatic heterocycles. The first kappa shape index (κ1) is 12.9. The Morgan fingerprint density at radius 3 is 2.57 bits per heavy atom. The summed E-state index contributed by atoms with van der Waals surface area (Å²) in [6, 6.07) is -0.840. The predicted octanol–water partition coefficient (Wildman–Crippen LogP) is -1.11.